The average molecular weight is 361 g/mol. The van der Waals surface area contributed by atoms with Crippen molar-refractivity contribution in [3.8, 4) is 0 Å². The van der Waals surface area contributed by atoms with Crippen LogP contribution in [0.3, 0.4) is 0 Å². The Bertz CT molecular complexity index is 718. The summed E-state index contributed by atoms with van der Waals surface area (Å²) < 4.78 is 28.4. The summed E-state index contributed by atoms with van der Waals surface area (Å²) >= 11 is 8.85. The zero-order chi connectivity index (χ0) is 14.0. The van der Waals surface area contributed by atoms with Crippen LogP contribution >= 0.6 is 27.5 Å². The number of ketones is 1. The van der Waals surface area contributed by atoms with Gasteiger partial charge in [-0.1, -0.05) is 27.5 Å². The van der Waals surface area contributed by atoms with Gasteiger partial charge in [-0.2, -0.15) is 12.8 Å². The van der Waals surface area contributed by atoms with Crippen LogP contribution in [-0.2, 0) is 14.8 Å². The highest BCUT2D eigenvalue weighted by atomic mass is 79.9. The number of sulfonamides is 1. The third kappa shape index (κ3) is 3.40. The molecule has 2 rings (SSSR count). The number of benzene rings is 1. The van der Waals surface area contributed by atoms with Crippen LogP contribution in [0, 0.1) is 0 Å². The Labute approximate surface area is 123 Å². The first-order valence-electron chi connectivity index (χ1n) is 5.09. The summed E-state index contributed by atoms with van der Waals surface area (Å²) in [6, 6.07) is 6.09. The van der Waals surface area contributed by atoms with Crippen molar-refractivity contribution in [1.29, 1.82) is 0 Å². The van der Waals surface area contributed by atoms with Crippen LogP contribution in [0.5, 0.6) is 0 Å². The van der Waals surface area contributed by atoms with E-state index >= 15 is 0 Å². The summed E-state index contributed by atoms with van der Waals surface area (Å²) in [5, 5.41) is -0.0627. The van der Waals surface area contributed by atoms with E-state index in [1.165, 1.54) is 30.4 Å². The van der Waals surface area contributed by atoms with Crippen LogP contribution in [-0.4, -0.2) is 19.9 Å². The second-order valence-corrected chi connectivity index (χ2v) is 6.56. The highest BCUT2D eigenvalue weighted by molar-refractivity contribution is 9.10. The Morgan fingerprint density at radius 3 is 2.32 bits per heavy atom. The Balaban J connectivity index is 2.40. The summed E-state index contributed by atoms with van der Waals surface area (Å²) in [6.07, 6.45) is 3.71. The fraction of sp³-hybridized carbons (Fsp3) is 0. The van der Waals surface area contributed by atoms with Crippen molar-refractivity contribution >= 4 is 49.0 Å². The number of halogens is 2. The lowest BCUT2D eigenvalue weighted by molar-refractivity contribution is -0.110. The Morgan fingerprint density at radius 2 is 1.74 bits per heavy atom. The van der Waals surface area contributed by atoms with Crippen LogP contribution in [0.4, 0.5) is 0 Å². The van der Waals surface area contributed by atoms with Crippen molar-refractivity contribution in [2.45, 2.75) is 4.90 Å². The molecule has 0 saturated heterocycles. The Hall–Kier alpha value is -1.24. The molecule has 1 aliphatic carbocycles. The molecule has 0 fully saturated rings. The van der Waals surface area contributed by atoms with Crippen LogP contribution in [0.2, 0.25) is 0 Å². The average Bonchev–Trinajstić information content (AvgIpc) is 2.34. The van der Waals surface area contributed by atoms with Gasteiger partial charge < -0.3 is 0 Å². The third-order valence-corrected chi connectivity index (χ3v) is 4.40. The first-order chi connectivity index (χ1) is 8.88. The maximum absolute atomic E-state index is 12.0. The molecule has 0 radical (unpaired) electrons. The van der Waals surface area contributed by atoms with Gasteiger partial charge in [0.05, 0.1) is 15.6 Å². The van der Waals surface area contributed by atoms with E-state index in [9.17, 15) is 13.2 Å². The molecule has 0 unspecified atom stereocenters. The molecule has 0 bridgehead atoms. The second-order valence-electron chi connectivity index (χ2n) is 3.63. The number of allylic oxidation sites excluding steroid dienone is 4. The lowest BCUT2D eigenvalue weighted by Gasteiger charge is -2.03. The van der Waals surface area contributed by atoms with Gasteiger partial charge in [0.2, 0.25) is 0 Å². The Kier molecular flexibility index (Phi) is 4.03. The van der Waals surface area contributed by atoms with E-state index in [4.69, 9.17) is 11.6 Å². The number of hydrogen-bond acceptors (Lipinski definition) is 3. The van der Waals surface area contributed by atoms with Gasteiger partial charge in [0.1, 0.15) is 0 Å². The molecule has 7 heteroatoms. The van der Waals surface area contributed by atoms with Crippen LogP contribution in [0.15, 0.2) is 61.3 Å². The third-order valence-electron chi connectivity index (χ3n) is 2.25. The molecule has 0 spiro atoms. The lowest BCUT2D eigenvalue weighted by Crippen LogP contribution is -2.07. The lowest BCUT2D eigenvalue weighted by atomic mass is 10.2. The Morgan fingerprint density at radius 1 is 1.11 bits per heavy atom. The van der Waals surface area contributed by atoms with E-state index in [1.54, 1.807) is 12.1 Å². The SMILES string of the molecule is O=C1C=CC(=NS(=O)(=O)c2ccc(Br)cc2)C=C1Cl. The minimum atomic E-state index is -3.82. The molecule has 98 valence electrons. The maximum atomic E-state index is 12.0. The maximum Gasteiger partial charge on any atom is 0.282 e. The standard InChI is InChI=1S/C12H7BrClNO3S/c13-8-1-4-10(5-2-8)19(17,18)15-9-3-6-12(16)11(14)7-9/h1-7H. The summed E-state index contributed by atoms with van der Waals surface area (Å²) in [5.41, 5.74) is 0.118. The summed E-state index contributed by atoms with van der Waals surface area (Å²) in [7, 11) is -3.82. The summed E-state index contributed by atoms with van der Waals surface area (Å²) in [5.74, 6) is -0.373. The number of rotatable bonds is 2. The molecule has 0 heterocycles. The molecule has 1 aromatic carbocycles. The fourth-order valence-corrected chi connectivity index (χ4v) is 2.76. The van der Waals surface area contributed by atoms with Crippen LogP contribution < -0.4 is 0 Å². The number of carbonyl (C=O) groups excluding carboxylic acids is 1. The number of hydrogen-bond donors (Lipinski definition) is 0. The van der Waals surface area contributed by atoms with Gasteiger partial charge in [-0.15, -0.1) is 0 Å². The van der Waals surface area contributed by atoms with Crippen molar-refractivity contribution in [1.82, 2.24) is 0 Å². The molecule has 4 nitrogen and oxygen atoms in total. The van der Waals surface area contributed by atoms with Crippen LogP contribution in [0.1, 0.15) is 0 Å². The molecular formula is C12H7BrClNO3S. The molecule has 1 aromatic rings. The monoisotopic (exact) mass is 359 g/mol. The highest BCUT2D eigenvalue weighted by Gasteiger charge is 2.15. The zero-order valence-corrected chi connectivity index (χ0v) is 12.5. The second kappa shape index (κ2) is 5.40. The molecule has 1 aliphatic rings. The smallest absolute Gasteiger partial charge is 0.282 e. The van der Waals surface area contributed by atoms with E-state index in [0.29, 0.717) is 0 Å². The van der Waals surface area contributed by atoms with E-state index < -0.39 is 10.0 Å². The largest absolute Gasteiger partial charge is 0.288 e. The van der Waals surface area contributed by atoms with Crippen molar-refractivity contribution in [3.05, 3.63) is 52.0 Å². The van der Waals surface area contributed by atoms with Crippen LogP contribution in [0.25, 0.3) is 0 Å². The topological polar surface area (TPSA) is 63.6 Å². The van der Waals surface area contributed by atoms with E-state index in [-0.39, 0.29) is 21.4 Å². The molecule has 0 saturated carbocycles. The zero-order valence-electron chi connectivity index (χ0n) is 9.38. The minimum Gasteiger partial charge on any atom is -0.288 e. The molecule has 0 amide bonds. The van der Waals surface area contributed by atoms with Gasteiger partial charge in [-0.25, -0.2) is 0 Å². The van der Waals surface area contributed by atoms with Gasteiger partial charge >= 0.3 is 0 Å². The van der Waals surface area contributed by atoms with Crippen molar-refractivity contribution in [2.75, 3.05) is 0 Å². The molecule has 0 aromatic heterocycles. The molecule has 0 N–H and O–H groups in total. The van der Waals surface area contributed by atoms with Gasteiger partial charge in [0.25, 0.3) is 10.0 Å². The van der Waals surface area contributed by atoms with Gasteiger partial charge in [0, 0.05) is 4.47 Å². The fourth-order valence-electron chi connectivity index (χ4n) is 1.34. The van der Waals surface area contributed by atoms with Crippen molar-refractivity contribution in [2.24, 2.45) is 4.40 Å². The predicted octanol–water partition coefficient (Wildman–Crippen LogP) is 2.84. The first-order valence-corrected chi connectivity index (χ1v) is 7.70. The number of carbonyl (C=O) groups is 1. The highest BCUT2D eigenvalue weighted by Crippen LogP contribution is 2.18. The van der Waals surface area contributed by atoms with Gasteiger partial charge in [0.15, 0.2) is 5.78 Å². The quantitative estimate of drug-likeness (QED) is 0.762. The number of nitrogens with zero attached hydrogens (tertiary/aromatic N) is 1. The van der Waals surface area contributed by atoms with Crippen molar-refractivity contribution in [3.63, 3.8) is 0 Å². The van der Waals surface area contributed by atoms with Gasteiger partial charge in [-0.05, 0) is 42.5 Å². The molecule has 19 heavy (non-hydrogen) atoms. The van der Waals surface area contributed by atoms with E-state index in [0.717, 1.165) is 4.47 Å². The molecule has 0 aliphatic heterocycles. The normalized spacial score (nSPS) is 17.7. The predicted molar refractivity (Wildman–Crippen MR) is 76.8 cm³/mol. The summed E-state index contributed by atoms with van der Waals surface area (Å²) in [4.78, 5) is 11.2. The van der Waals surface area contributed by atoms with Crippen molar-refractivity contribution < 1.29 is 13.2 Å². The van der Waals surface area contributed by atoms with Gasteiger partial charge in [-0.3, -0.25) is 4.79 Å². The molecular weight excluding hydrogens is 354 g/mol. The summed E-state index contributed by atoms with van der Waals surface area (Å²) in [6.45, 7) is 0. The minimum absolute atomic E-state index is 0.0627. The molecule has 0 atom stereocenters. The van der Waals surface area contributed by atoms with E-state index in [2.05, 4.69) is 20.3 Å². The van der Waals surface area contributed by atoms with E-state index in [1.807, 2.05) is 0 Å². The first kappa shape index (κ1) is 14.2.